The Balaban J connectivity index is 2.04. The number of aromatic nitrogens is 2. The van der Waals surface area contributed by atoms with Crippen LogP contribution in [0.2, 0.25) is 0 Å². The summed E-state index contributed by atoms with van der Waals surface area (Å²) in [5.41, 5.74) is 0.481. The van der Waals surface area contributed by atoms with Gasteiger partial charge in [-0.3, -0.25) is 9.48 Å². The van der Waals surface area contributed by atoms with Gasteiger partial charge in [0.25, 0.3) is 0 Å². The third kappa shape index (κ3) is 2.97. The zero-order valence-electron chi connectivity index (χ0n) is 12.7. The smallest absolute Gasteiger partial charge is 0.416 e. The van der Waals surface area contributed by atoms with Gasteiger partial charge in [-0.1, -0.05) is 6.07 Å². The molecule has 3 rings (SSSR count). The molecule has 0 atom stereocenters. The lowest BCUT2D eigenvalue weighted by Crippen LogP contribution is -2.12. The standard InChI is InChI=1S/C17H13F3N2O2/c1-24-14-4-3-12(15(7-14)17(18,19)20)9-22-16-5-2-11(10-23)6-13(16)8-21-22/h2-8,10H,9H2,1H3. The number of fused-ring (bicyclic) bond motifs is 1. The van der Waals surface area contributed by atoms with Gasteiger partial charge in [-0.15, -0.1) is 0 Å². The van der Waals surface area contributed by atoms with Gasteiger partial charge in [0.2, 0.25) is 0 Å². The number of halogens is 3. The summed E-state index contributed by atoms with van der Waals surface area (Å²) in [5.74, 6) is 0.145. The van der Waals surface area contributed by atoms with Gasteiger partial charge in [0.05, 0.1) is 30.9 Å². The molecular formula is C17H13F3N2O2. The molecule has 1 heterocycles. The number of alkyl halides is 3. The highest BCUT2D eigenvalue weighted by Crippen LogP contribution is 2.35. The molecule has 0 saturated heterocycles. The highest BCUT2D eigenvalue weighted by atomic mass is 19.4. The number of aldehydes is 1. The second-order valence-electron chi connectivity index (χ2n) is 5.26. The van der Waals surface area contributed by atoms with Crippen molar-refractivity contribution in [3.63, 3.8) is 0 Å². The van der Waals surface area contributed by atoms with Crippen molar-refractivity contribution < 1.29 is 22.7 Å². The van der Waals surface area contributed by atoms with E-state index in [1.807, 2.05) is 0 Å². The lowest BCUT2D eigenvalue weighted by atomic mass is 10.1. The SMILES string of the molecule is COc1ccc(Cn2ncc3cc(C=O)ccc32)c(C(F)(F)F)c1. The van der Waals surface area contributed by atoms with Gasteiger partial charge in [0, 0.05) is 10.9 Å². The van der Waals surface area contributed by atoms with Crippen molar-refractivity contribution in [1.29, 1.82) is 0 Å². The fraction of sp³-hybridized carbons (Fsp3) is 0.176. The second-order valence-corrected chi connectivity index (χ2v) is 5.26. The molecule has 0 spiro atoms. The summed E-state index contributed by atoms with van der Waals surface area (Å²) in [6.45, 7) is -0.0389. The number of rotatable bonds is 4. The van der Waals surface area contributed by atoms with Crippen molar-refractivity contribution in [3.05, 3.63) is 59.3 Å². The summed E-state index contributed by atoms with van der Waals surface area (Å²) >= 11 is 0. The molecule has 0 aliphatic carbocycles. The van der Waals surface area contributed by atoms with Crippen LogP contribution in [0.1, 0.15) is 21.5 Å². The van der Waals surface area contributed by atoms with E-state index in [1.165, 1.54) is 30.1 Å². The van der Waals surface area contributed by atoms with Gasteiger partial charge in [-0.2, -0.15) is 18.3 Å². The summed E-state index contributed by atoms with van der Waals surface area (Å²) in [4.78, 5) is 10.8. The summed E-state index contributed by atoms with van der Waals surface area (Å²) in [7, 11) is 1.32. The van der Waals surface area contributed by atoms with Gasteiger partial charge in [-0.25, -0.2) is 0 Å². The van der Waals surface area contributed by atoms with Crippen LogP contribution in [-0.4, -0.2) is 23.2 Å². The molecule has 1 aromatic heterocycles. The fourth-order valence-corrected chi connectivity index (χ4v) is 2.55. The molecule has 0 N–H and O–H groups in total. The van der Waals surface area contributed by atoms with Crippen LogP contribution in [0.3, 0.4) is 0 Å². The Hall–Kier alpha value is -2.83. The van der Waals surface area contributed by atoms with E-state index in [0.29, 0.717) is 22.8 Å². The van der Waals surface area contributed by atoms with Crippen LogP contribution in [0.25, 0.3) is 10.9 Å². The van der Waals surface area contributed by atoms with Crippen molar-refractivity contribution in [2.75, 3.05) is 7.11 Å². The predicted octanol–water partition coefficient (Wildman–Crippen LogP) is 3.92. The maximum atomic E-state index is 13.3. The Morgan fingerprint density at radius 2 is 2.00 bits per heavy atom. The van der Waals surface area contributed by atoms with E-state index < -0.39 is 11.7 Å². The summed E-state index contributed by atoms with van der Waals surface area (Å²) in [6, 6.07) is 8.76. The molecule has 3 aromatic rings. The van der Waals surface area contributed by atoms with E-state index in [4.69, 9.17) is 4.74 Å². The maximum absolute atomic E-state index is 13.3. The Morgan fingerprint density at radius 1 is 1.21 bits per heavy atom. The minimum absolute atomic E-state index is 0.0389. The Kier molecular flexibility index (Phi) is 4.01. The molecule has 124 valence electrons. The molecule has 0 fully saturated rings. The predicted molar refractivity (Wildman–Crippen MR) is 82.2 cm³/mol. The van der Waals surface area contributed by atoms with E-state index in [-0.39, 0.29) is 17.9 Å². The topological polar surface area (TPSA) is 44.1 Å². The third-order valence-electron chi connectivity index (χ3n) is 3.74. The Morgan fingerprint density at radius 3 is 2.67 bits per heavy atom. The van der Waals surface area contributed by atoms with Crippen LogP contribution in [-0.2, 0) is 12.7 Å². The monoisotopic (exact) mass is 334 g/mol. The molecule has 4 nitrogen and oxygen atoms in total. The molecule has 0 aliphatic rings. The minimum atomic E-state index is -4.49. The van der Waals surface area contributed by atoms with Gasteiger partial charge in [0.15, 0.2) is 0 Å². The Bertz CT molecular complexity index is 900. The zero-order valence-corrected chi connectivity index (χ0v) is 12.7. The van der Waals surface area contributed by atoms with Crippen LogP contribution in [0, 0.1) is 0 Å². The average Bonchev–Trinajstić information content (AvgIpc) is 2.96. The van der Waals surface area contributed by atoms with Crippen LogP contribution >= 0.6 is 0 Å². The lowest BCUT2D eigenvalue weighted by molar-refractivity contribution is -0.138. The van der Waals surface area contributed by atoms with E-state index in [2.05, 4.69) is 5.10 Å². The van der Waals surface area contributed by atoms with E-state index >= 15 is 0 Å². The molecule has 0 aliphatic heterocycles. The average molecular weight is 334 g/mol. The van der Waals surface area contributed by atoms with Crippen LogP contribution in [0.4, 0.5) is 13.2 Å². The number of nitrogens with zero attached hydrogens (tertiary/aromatic N) is 2. The van der Waals surface area contributed by atoms with Crippen molar-refractivity contribution in [2.24, 2.45) is 0 Å². The number of hydrogen-bond donors (Lipinski definition) is 0. The first-order valence-corrected chi connectivity index (χ1v) is 7.07. The molecule has 24 heavy (non-hydrogen) atoms. The first-order chi connectivity index (χ1) is 11.4. The largest absolute Gasteiger partial charge is 0.497 e. The molecule has 0 unspecified atom stereocenters. The van der Waals surface area contributed by atoms with Gasteiger partial charge in [-0.05, 0) is 35.9 Å². The highest BCUT2D eigenvalue weighted by Gasteiger charge is 2.34. The molecule has 0 radical (unpaired) electrons. The maximum Gasteiger partial charge on any atom is 0.416 e. The molecular weight excluding hydrogens is 321 g/mol. The molecule has 0 bridgehead atoms. The zero-order chi connectivity index (χ0) is 17.3. The van der Waals surface area contributed by atoms with Crippen molar-refractivity contribution in [3.8, 4) is 5.75 Å². The summed E-state index contributed by atoms with van der Waals surface area (Å²) in [5, 5.41) is 4.83. The molecule has 0 amide bonds. The van der Waals surface area contributed by atoms with Gasteiger partial charge >= 0.3 is 6.18 Å². The third-order valence-corrected chi connectivity index (χ3v) is 3.74. The molecule has 0 saturated carbocycles. The van der Waals surface area contributed by atoms with Crippen LogP contribution in [0.15, 0.2) is 42.6 Å². The first-order valence-electron chi connectivity index (χ1n) is 7.07. The quantitative estimate of drug-likeness (QED) is 0.679. The van der Waals surface area contributed by atoms with Gasteiger partial charge in [0.1, 0.15) is 12.0 Å². The second kappa shape index (κ2) is 5.99. The van der Waals surface area contributed by atoms with E-state index in [1.54, 1.807) is 18.2 Å². The van der Waals surface area contributed by atoms with Crippen molar-refractivity contribution in [2.45, 2.75) is 12.7 Å². The minimum Gasteiger partial charge on any atom is -0.497 e. The number of carbonyl (C=O) groups is 1. The number of carbonyl (C=O) groups excluding carboxylic acids is 1. The highest BCUT2D eigenvalue weighted by molar-refractivity contribution is 5.86. The fourth-order valence-electron chi connectivity index (χ4n) is 2.55. The number of ether oxygens (including phenoxy) is 1. The van der Waals surface area contributed by atoms with Crippen LogP contribution in [0.5, 0.6) is 5.75 Å². The lowest BCUT2D eigenvalue weighted by Gasteiger charge is -2.14. The number of benzene rings is 2. The summed E-state index contributed by atoms with van der Waals surface area (Å²) in [6.07, 6.45) is -2.25. The number of hydrogen-bond acceptors (Lipinski definition) is 3. The van der Waals surface area contributed by atoms with E-state index in [9.17, 15) is 18.0 Å². The van der Waals surface area contributed by atoms with Crippen LogP contribution < -0.4 is 4.74 Å². The normalized spacial score (nSPS) is 11.7. The number of methoxy groups -OCH3 is 1. The van der Waals surface area contributed by atoms with E-state index in [0.717, 1.165) is 6.07 Å². The van der Waals surface area contributed by atoms with Crippen molar-refractivity contribution >= 4 is 17.2 Å². The molecule has 7 heteroatoms. The Labute approximate surface area is 135 Å². The van der Waals surface area contributed by atoms with Crippen molar-refractivity contribution in [1.82, 2.24) is 9.78 Å². The first kappa shape index (κ1) is 16.0. The van der Waals surface area contributed by atoms with Gasteiger partial charge < -0.3 is 4.74 Å². The summed E-state index contributed by atoms with van der Waals surface area (Å²) < 4.78 is 46.2. The molecule has 2 aromatic carbocycles.